The van der Waals surface area contributed by atoms with Gasteiger partial charge in [-0.25, -0.2) is 0 Å². The molecule has 7 nitrogen and oxygen atoms in total. The minimum atomic E-state index is -5.84. The van der Waals surface area contributed by atoms with Crippen LogP contribution in [-0.4, -0.2) is 49.4 Å². The Kier molecular flexibility index (Phi) is 6.03. The quantitative estimate of drug-likeness (QED) is 0.341. The lowest BCUT2D eigenvalue weighted by Crippen LogP contribution is -2.70. The molecule has 0 amide bonds. The normalized spacial score (nSPS) is 41.8. The largest absolute Gasteiger partial charge is 0.534 e. The average molecular weight is 613 g/mol. The van der Waals surface area contributed by atoms with Crippen LogP contribution < -0.4 is 4.18 Å². The molecule has 7 rings (SSSR count). The number of fused-ring (bicyclic) bond motifs is 4. The number of ether oxygens (including phenoxy) is 2. The van der Waals surface area contributed by atoms with Gasteiger partial charge in [0.05, 0.1) is 18.8 Å². The topological polar surface area (TPSA) is 99.1 Å². The van der Waals surface area contributed by atoms with Gasteiger partial charge in [-0.1, -0.05) is 26.8 Å². The molecule has 7 atom stereocenters. The number of Topliss-reactive ketones (excluding diaryl/α,β-unsaturated/α-hetero) is 1. The molecule has 11 heteroatoms. The van der Waals surface area contributed by atoms with E-state index in [1.165, 1.54) is 12.1 Å². The predicted molar refractivity (Wildman–Crippen MR) is 145 cm³/mol. The van der Waals surface area contributed by atoms with Crippen molar-refractivity contribution in [2.24, 2.45) is 34.0 Å². The Balaban J connectivity index is 1.32. The molecule has 0 radical (unpaired) electrons. The number of halogens is 3. The van der Waals surface area contributed by atoms with Gasteiger partial charge in [-0.3, -0.25) is 4.79 Å². The number of benzene rings is 1. The second kappa shape index (κ2) is 8.73. The minimum Gasteiger partial charge on any atom is -0.389 e. The number of aliphatic hydroxyl groups is 1. The summed E-state index contributed by atoms with van der Waals surface area (Å²) >= 11 is 0. The number of hydrogen-bond acceptors (Lipinski definition) is 7. The number of hydrogen-bond donors (Lipinski definition) is 1. The zero-order valence-corrected chi connectivity index (χ0v) is 25.1. The van der Waals surface area contributed by atoms with E-state index in [-0.39, 0.29) is 34.9 Å². The van der Waals surface area contributed by atoms with Crippen LogP contribution in [0.3, 0.4) is 0 Å². The second-order valence-corrected chi connectivity index (χ2v) is 16.6. The van der Waals surface area contributed by atoms with Crippen molar-refractivity contribution in [3.8, 4) is 5.75 Å². The van der Waals surface area contributed by atoms with Crippen molar-refractivity contribution in [1.82, 2.24) is 0 Å². The number of ketones is 1. The average Bonchev–Trinajstić information content (AvgIpc) is 3.19. The Bertz CT molecular complexity index is 1430. The fraction of sp³-hybridized carbons (Fsp3) is 0.774. The van der Waals surface area contributed by atoms with Crippen molar-refractivity contribution < 1.29 is 45.1 Å². The van der Waals surface area contributed by atoms with E-state index in [0.717, 1.165) is 18.4 Å². The maximum Gasteiger partial charge on any atom is 0.534 e. The Morgan fingerprint density at radius 2 is 1.76 bits per heavy atom. The third-order valence-corrected chi connectivity index (χ3v) is 13.1. The summed E-state index contributed by atoms with van der Waals surface area (Å²) in [7, 11) is -5.84. The van der Waals surface area contributed by atoms with Gasteiger partial charge >= 0.3 is 15.6 Å². The van der Waals surface area contributed by atoms with Crippen molar-refractivity contribution in [3.63, 3.8) is 0 Å². The maximum absolute atomic E-state index is 13.3. The molecule has 1 aromatic rings. The van der Waals surface area contributed by atoms with Gasteiger partial charge in [0, 0.05) is 35.5 Å². The van der Waals surface area contributed by atoms with Gasteiger partial charge < -0.3 is 18.8 Å². The van der Waals surface area contributed by atoms with E-state index in [1.807, 2.05) is 0 Å². The Morgan fingerprint density at radius 1 is 1.05 bits per heavy atom. The highest BCUT2D eigenvalue weighted by Gasteiger charge is 2.72. The van der Waals surface area contributed by atoms with E-state index in [1.54, 1.807) is 6.07 Å². The predicted octanol–water partition coefficient (Wildman–Crippen LogP) is 5.64. The molecule has 2 spiro atoms. The number of carbonyl (C=O) groups excluding carboxylic acids is 1. The van der Waals surface area contributed by atoms with Gasteiger partial charge in [-0.15, -0.1) is 0 Å². The van der Waals surface area contributed by atoms with Crippen LogP contribution in [0.15, 0.2) is 18.2 Å². The minimum absolute atomic E-state index is 0.0794. The highest BCUT2D eigenvalue weighted by molar-refractivity contribution is 7.88. The smallest absolute Gasteiger partial charge is 0.389 e. The number of alkyl halides is 3. The molecular weight excluding hydrogens is 573 g/mol. The first-order valence-corrected chi connectivity index (χ1v) is 16.5. The zero-order valence-electron chi connectivity index (χ0n) is 24.3. The Labute approximate surface area is 244 Å². The molecule has 1 aliphatic heterocycles. The second-order valence-electron chi connectivity index (χ2n) is 15.1. The lowest BCUT2D eigenvalue weighted by atomic mass is 9.37. The summed E-state index contributed by atoms with van der Waals surface area (Å²) in [5, 5.41) is 12.7. The monoisotopic (exact) mass is 612 g/mol. The molecule has 0 bridgehead atoms. The van der Waals surface area contributed by atoms with Crippen LogP contribution in [0.5, 0.6) is 5.75 Å². The van der Waals surface area contributed by atoms with Crippen LogP contribution >= 0.6 is 0 Å². The van der Waals surface area contributed by atoms with E-state index < -0.39 is 43.6 Å². The van der Waals surface area contributed by atoms with Crippen molar-refractivity contribution >= 4 is 15.9 Å². The van der Waals surface area contributed by atoms with Crippen molar-refractivity contribution in [1.29, 1.82) is 0 Å². The van der Waals surface area contributed by atoms with Crippen LogP contribution in [0.2, 0.25) is 0 Å². The summed E-state index contributed by atoms with van der Waals surface area (Å²) in [5.41, 5.74) is -6.36. The summed E-state index contributed by atoms with van der Waals surface area (Å²) in [6.07, 6.45) is 5.18. The van der Waals surface area contributed by atoms with Crippen LogP contribution in [0.25, 0.3) is 0 Å². The zero-order chi connectivity index (χ0) is 30.1. The lowest BCUT2D eigenvalue weighted by molar-refractivity contribution is -0.357. The molecule has 6 aliphatic rings. The first-order chi connectivity index (χ1) is 19.4. The molecule has 1 saturated heterocycles. The van der Waals surface area contributed by atoms with Crippen molar-refractivity contribution in [2.45, 2.75) is 101 Å². The molecule has 1 aromatic carbocycles. The van der Waals surface area contributed by atoms with Crippen LogP contribution in [0.1, 0.15) is 89.2 Å². The molecule has 2 unspecified atom stereocenters. The van der Waals surface area contributed by atoms with Crippen molar-refractivity contribution in [3.05, 3.63) is 29.3 Å². The molecule has 1 heterocycles. The SMILES string of the molecule is CC1(C)COC2(CC[C@@]34Cc5cc(OS(=O)(=O)C(F)(F)F)ccc5C5C[C@]6(C)C(=O)CC[C@H]6[C@H](CC[C@@]3(O)C2)C54)OC1. The van der Waals surface area contributed by atoms with Gasteiger partial charge in [0.2, 0.25) is 0 Å². The van der Waals surface area contributed by atoms with Crippen molar-refractivity contribution in [2.75, 3.05) is 13.2 Å². The summed E-state index contributed by atoms with van der Waals surface area (Å²) < 4.78 is 80.4. The summed E-state index contributed by atoms with van der Waals surface area (Å²) in [5.74, 6) is -0.584. The molecule has 232 valence electrons. The molecule has 4 saturated carbocycles. The van der Waals surface area contributed by atoms with E-state index in [9.17, 15) is 31.5 Å². The third kappa shape index (κ3) is 3.94. The Morgan fingerprint density at radius 3 is 2.45 bits per heavy atom. The standard InChI is InChI=1S/C31H39F3O7S/c1-26(2)16-39-30(40-17-26)11-10-28-13-18-12-19(41-42(37,38)31(32,33)34)4-5-20(18)22-14-27(3)23(6-7-24(27)35)21(25(22)28)8-9-29(28,36)15-30/h4-5,12,21-23,25,36H,6-11,13-17H2,1-3H3/t21-,22?,23-,25?,27-,28-,29+/m0/s1. The molecule has 0 aromatic heterocycles. The first-order valence-electron chi connectivity index (χ1n) is 15.1. The van der Waals surface area contributed by atoms with E-state index in [4.69, 9.17) is 9.47 Å². The van der Waals surface area contributed by atoms with Gasteiger partial charge in [0.25, 0.3) is 0 Å². The molecule has 5 aliphatic carbocycles. The molecular formula is C31H39F3O7S. The van der Waals surface area contributed by atoms with E-state index in [0.29, 0.717) is 63.7 Å². The molecule has 1 N–H and O–H groups in total. The molecule has 5 fully saturated rings. The fourth-order valence-corrected chi connectivity index (χ4v) is 10.7. The Hall–Kier alpha value is -1.69. The van der Waals surface area contributed by atoms with Gasteiger partial charge in [-0.05, 0) is 85.5 Å². The highest BCUT2D eigenvalue weighted by Crippen LogP contribution is 2.73. The summed E-state index contributed by atoms with van der Waals surface area (Å²) in [6, 6.07) is 4.37. The first kappa shape index (κ1) is 29.0. The van der Waals surface area contributed by atoms with Gasteiger partial charge in [-0.2, -0.15) is 21.6 Å². The van der Waals surface area contributed by atoms with Crippen LogP contribution in [-0.2, 0) is 30.8 Å². The number of carbonyl (C=O) groups is 1. The highest BCUT2D eigenvalue weighted by atomic mass is 32.2. The van der Waals surface area contributed by atoms with E-state index >= 15 is 0 Å². The fourth-order valence-electron chi connectivity index (χ4n) is 10.3. The van der Waals surface area contributed by atoms with Crippen LogP contribution in [0.4, 0.5) is 13.2 Å². The van der Waals surface area contributed by atoms with Gasteiger partial charge in [0.1, 0.15) is 11.5 Å². The lowest BCUT2D eigenvalue weighted by Gasteiger charge is -2.69. The van der Waals surface area contributed by atoms with Gasteiger partial charge in [0.15, 0.2) is 5.79 Å². The summed E-state index contributed by atoms with van der Waals surface area (Å²) in [6.45, 7) is 7.26. The maximum atomic E-state index is 13.3. The van der Waals surface area contributed by atoms with E-state index in [2.05, 4.69) is 25.0 Å². The molecule has 42 heavy (non-hydrogen) atoms. The third-order valence-electron chi connectivity index (χ3n) is 12.1. The summed E-state index contributed by atoms with van der Waals surface area (Å²) in [4.78, 5) is 13.3. The van der Waals surface area contributed by atoms with Crippen LogP contribution in [0, 0.1) is 34.0 Å². The number of rotatable bonds is 2.